The maximum absolute atomic E-state index is 14.1. The Morgan fingerprint density at radius 1 is 1.07 bits per heavy atom. The normalized spacial score (nSPS) is 15.1. The molecule has 1 aliphatic heterocycles. The first kappa shape index (κ1) is 18.6. The number of hydrogen-bond acceptors (Lipinski definition) is 4. The lowest BCUT2D eigenvalue weighted by Crippen LogP contribution is -2.33. The molecule has 0 unspecified atom stereocenters. The molecule has 3 aromatic rings. The average Bonchev–Trinajstić information content (AvgIpc) is 3.06. The summed E-state index contributed by atoms with van der Waals surface area (Å²) in [4.78, 5) is 2.41. The molecule has 2 aromatic carbocycles. The topological polar surface area (TPSA) is 46.9 Å². The maximum Gasteiger partial charge on any atom is 0.206 e. The number of methoxy groups -OCH3 is 1. The Morgan fingerprint density at radius 2 is 1.89 bits per heavy atom. The van der Waals surface area contributed by atoms with Crippen LogP contribution in [0.2, 0.25) is 0 Å². The van der Waals surface area contributed by atoms with Gasteiger partial charge in [0, 0.05) is 24.2 Å². The SMILES string of the molecule is COc1ccc(-n2cc3cccc(F)c3c2O)cc1OCCN1CCCCC1. The molecule has 2 heterocycles. The van der Waals surface area contributed by atoms with Gasteiger partial charge in [-0.2, -0.15) is 0 Å². The van der Waals surface area contributed by atoms with Crippen molar-refractivity contribution in [2.75, 3.05) is 33.4 Å². The lowest BCUT2D eigenvalue weighted by Gasteiger charge is -2.26. The highest BCUT2D eigenvalue weighted by atomic mass is 19.1. The van der Waals surface area contributed by atoms with Crippen LogP contribution >= 0.6 is 0 Å². The zero-order valence-electron chi connectivity index (χ0n) is 16.0. The average molecular weight is 384 g/mol. The number of piperidine rings is 1. The summed E-state index contributed by atoms with van der Waals surface area (Å²) in [6.07, 6.45) is 5.52. The van der Waals surface area contributed by atoms with Crippen LogP contribution in [0.3, 0.4) is 0 Å². The summed E-state index contributed by atoms with van der Waals surface area (Å²) in [6.45, 7) is 3.68. The number of fused-ring (bicyclic) bond motifs is 1. The van der Waals surface area contributed by atoms with E-state index in [2.05, 4.69) is 4.90 Å². The van der Waals surface area contributed by atoms with Crippen LogP contribution in [0.25, 0.3) is 16.5 Å². The van der Waals surface area contributed by atoms with E-state index >= 15 is 0 Å². The third kappa shape index (κ3) is 3.64. The minimum absolute atomic E-state index is 0.127. The fourth-order valence-electron chi connectivity index (χ4n) is 3.80. The van der Waals surface area contributed by atoms with Crippen molar-refractivity contribution in [1.82, 2.24) is 9.47 Å². The van der Waals surface area contributed by atoms with Crippen LogP contribution < -0.4 is 9.47 Å². The summed E-state index contributed by atoms with van der Waals surface area (Å²) in [5.41, 5.74) is 0.682. The molecule has 148 valence electrons. The molecule has 0 amide bonds. The second-order valence-electron chi connectivity index (χ2n) is 7.11. The molecule has 1 fully saturated rings. The van der Waals surface area contributed by atoms with E-state index < -0.39 is 5.82 Å². The Kier molecular flexibility index (Phi) is 5.39. The van der Waals surface area contributed by atoms with E-state index in [1.54, 1.807) is 36.1 Å². The molecule has 4 rings (SSSR count). The van der Waals surface area contributed by atoms with Gasteiger partial charge in [-0.3, -0.25) is 9.47 Å². The molecule has 28 heavy (non-hydrogen) atoms. The van der Waals surface area contributed by atoms with Crippen molar-refractivity contribution < 1.29 is 19.0 Å². The highest BCUT2D eigenvalue weighted by Crippen LogP contribution is 2.35. The van der Waals surface area contributed by atoms with E-state index in [4.69, 9.17) is 9.47 Å². The van der Waals surface area contributed by atoms with Crippen LogP contribution in [0.4, 0.5) is 4.39 Å². The van der Waals surface area contributed by atoms with Gasteiger partial charge in [0.05, 0.1) is 18.2 Å². The monoisotopic (exact) mass is 384 g/mol. The first-order valence-corrected chi connectivity index (χ1v) is 9.69. The highest BCUT2D eigenvalue weighted by molar-refractivity contribution is 5.89. The van der Waals surface area contributed by atoms with Crippen LogP contribution in [0.15, 0.2) is 42.6 Å². The first-order valence-electron chi connectivity index (χ1n) is 9.69. The second-order valence-corrected chi connectivity index (χ2v) is 7.11. The molecule has 1 saturated heterocycles. The van der Waals surface area contributed by atoms with Crippen molar-refractivity contribution in [2.45, 2.75) is 19.3 Å². The molecule has 0 spiro atoms. The van der Waals surface area contributed by atoms with Gasteiger partial charge in [-0.05, 0) is 44.1 Å². The summed E-state index contributed by atoms with van der Waals surface area (Å²) in [5.74, 6) is 0.664. The molecule has 0 radical (unpaired) electrons. The van der Waals surface area contributed by atoms with E-state index in [-0.39, 0.29) is 11.3 Å². The summed E-state index contributed by atoms with van der Waals surface area (Å²) in [6, 6.07) is 10.2. The maximum atomic E-state index is 14.1. The standard InChI is InChI=1S/C22H25FN2O3/c1-27-19-9-8-17(14-20(19)28-13-12-24-10-3-2-4-11-24)25-15-16-6-5-7-18(23)21(16)22(25)26/h5-9,14-15,26H,2-4,10-13H2,1H3. The predicted molar refractivity (Wildman–Crippen MR) is 107 cm³/mol. The van der Waals surface area contributed by atoms with Crippen LogP contribution in [0, 0.1) is 5.82 Å². The minimum Gasteiger partial charge on any atom is -0.494 e. The van der Waals surface area contributed by atoms with Gasteiger partial charge in [-0.1, -0.05) is 18.6 Å². The molecule has 1 N–H and O–H groups in total. The number of aromatic nitrogens is 1. The molecule has 0 saturated carbocycles. The van der Waals surface area contributed by atoms with Crippen LogP contribution in [-0.2, 0) is 0 Å². The van der Waals surface area contributed by atoms with Gasteiger partial charge >= 0.3 is 0 Å². The third-order valence-electron chi connectivity index (χ3n) is 5.30. The lowest BCUT2D eigenvalue weighted by atomic mass is 10.1. The summed E-state index contributed by atoms with van der Waals surface area (Å²) < 4.78 is 27.1. The molecule has 1 aliphatic rings. The number of aromatic hydroxyl groups is 1. The zero-order chi connectivity index (χ0) is 19.5. The van der Waals surface area contributed by atoms with E-state index in [1.165, 1.54) is 25.3 Å². The van der Waals surface area contributed by atoms with Crippen molar-refractivity contribution in [3.05, 3.63) is 48.4 Å². The van der Waals surface area contributed by atoms with Gasteiger partial charge in [0.2, 0.25) is 5.88 Å². The van der Waals surface area contributed by atoms with Crippen molar-refractivity contribution in [1.29, 1.82) is 0 Å². The summed E-state index contributed by atoms with van der Waals surface area (Å²) >= 11 is 0. The molecular weight excluding hydrogens is 359 g/mol. The van der Waals surface area contributed by atoms with Crippen LogP contribution in [0.1, 0.15) is 19.3 Å². The Labute approximate surface area is 163 Å². The first-order chi connectivity index (χ1) is 13.7. The summed E-state index contributed by atoms with van der Waals surface area (Å²) in [7, 11) is 1.60. The quantitative estimate of drug-likeness (QED) is 0.686. The number of rotatable bonds is 6. The highest BCUT2D eigenvalue weighted by Gasteiger charge is 2.16. The number of likely N-dealkylation sites (tertiary alicyclic amines) is 1. The Balaban J connectivity index is 1.58. The molecule has 0 aliphatic carbocycles. The molecular formula is C22H25FN2O3. The molecule has 0 bridgehead atoms. The van der Waals surface area contributed by atoms with Crippen molar-refractivity contribution >= 4 is 10.8 Å². The molecule has 6 heteroatoms. The lowest BCUT2D eigenvalue weighted by molar-refractivity contribution is 0.180. The van der Waals surface area contributed by atoms with Gasteiger partial charge < -0.3 is 14.6 Å². The number of benzene rings is 2. The fraction of sp³-hybridized carbons (Fsp3) is 0.364. The predicted octanol–water partition coefficient (Wildman–Crippen LogP) is 4.35. The van der Waals surface area contributed by atoms with Gasteiger partial charge in [0.1, 0.15) is 12.4 Å². The van der Waals surface area contributed by atoms with Gasteiger partial charge in [-0.25, -0.2) is 4.39 Å². The van der Waals surface area contributed by atoms with Gasteiger partial charge in [-0.15, -0.1) is 0 Å². The second kappa shape index (κ2) is 8.10. The molecule has 0 atom stereocenters. The van der Waals surface area contributed by atoms with Crippen LogP contribution in [-0.4, -0.2) is 47.9 Å². The molecule has 1 aromatic heterocycles. The van der Waals surface area contributed by atoms with E-state index in [9.17, 15) is 9.50 Å². The van der Waals surface area contributed by atoms with Gasteiger partial charge in [0.15, 0.2) is 11.5 Å². The third-order valence-corrected chi connectivity index (χ3v) is 5.30. The smallest absolute Gasteiger partial charge is 0.206 e. The Morgan fingerprint density at radius 3 is 2.64 bits per heavy atom. The summed E-state index contributed by atoms with van der Waals surface area (Å²) in [5, 5.41) is 11.4. The number of hydrogen-bond donors (Lipinski definition) is 1. The Bertz CT molecular complexity index is 964. The Hall–Kier alpha value is -2.73. The number of ether oxygens (including phenoxy) is 2. The minimum atomic E-state index is -0.444. The number of nitrogens with zero attached hydrogens (tertiary/aromatic N) is 2. The zero-order valence-corrected chi connectivity index (χ0v) is 16.0. The van der Waals surface area contributed by atoms with E-state index in [1.807, 2.05) is 12.1 Å². The van der Waals surface area contributed by atoms with E-state index in [0.29, 0.717) is 29.2 Å². The van der Waals surface area contributed by atoms with Crippen molar-refractivity contribution in [2.24, 2.45) is 0 Å². The van der Waals surface area contributed by atoms with E-state index in [0.717, 1.165) is 19.6 Å². The van der Waals surface area contributed by atoms with Gasteiger partial charge in [0.25, 0.3) is 0 Å². The molecule has 5 nitrogen and oxygen atoms in total. The van der Waals surface area contributed by atoms with Crippen molar-refractivity contribution in [3.8, 4) is 23.1 Å². The van der Waals surface area contributed by atoms with Crippen molar-refractivity contribution in [3.63, 3.8) is 0 Å². The fourth-order valence-corrected chi connectivity index (χ4v) is 3.80. The number of halogens is 1. The largest absolute Gasteiger partial charge is 0.494 e. The van der Waals surface area contributed by atoms with Crippen LogP contribution in [0.5, 0.6) is 17.4 Å².